The molecule has 0 radical (unpaired) electrons. The molecule has 0 atom stereocenters. The second-order valence-corrected chi connectivity index (χ2v) is 5.97. The summed E-state index contributed by atoms with van der Waals surface area (Å²) in [5, 5.41) is 9.41. The molecule has 3 nitrogen and oxygen atoms in total. The molecule has 1 aromatic heterocycles. The minimum absolute atomic E-state index is 0.297. The number of fused-ring (bicyclic) bond motifs is 3. The highest BCUT2D eigenvalue weighted by molar-refractivity contribution is 7.99. The summed E-state index contributed by atoms with van der Waals surface area (Å²) in [6.45, 7) is 0. The van der Waals surface area contributed by atoms with Gasteiger partial charge in [0.1, 0.15) is 6.33 Å². The molecule has 1 heterocycles. The summed E-state index contributed by atoms with van der Waals surface area (Å²) in [6.07, 6.45) is 1.75. The second kappa shape index (κ2) is 4.49. The molecule has 20 heavy (non-hydrogen) atoms. The van der Waals surface area contributed by atoms with Crippen molar-refractivity contribution in [1.82, 2.24) is 14.8 Å². The van der Waals surface area contributed by atoms with E-state index in [-0.39, 0.29) is 0 Å². The average molecular weight is 279 g/mol. The maximum absolute atomic E-state index is 4.20. The van der Waals surface area contributed by atoms with E-state index in [1.54, 1.807) is 18.1 Å². The van der Waals surface area contributed by atoms with Crippen LogP contribution in [-0.4, -0.2) is 14.8 Å². The molecular formula is C16H13N3S. The lowest BCUT2D eigenvalue weighted by molar-refractivity contribution is 0.786. The van der Waals surface area contributed by atoms with E-state index >= 15 is 0 Å². The number of benzene rings is 2. The van der Waals surface area contributed by atoms with Crippen molar-refractivity contribution in [3.05, 3.63) is 66.0 Å². The van der Waals surface area contributed by atoms with Gasteiger partial charge in [-0.1, -0.05) is 60.3 Å². The van der Waals surface area contributed by atoms with Crippen LogP contribution in [0.25, 0.3) is 11.1 Å². The molecule has 0 aliphatic heterocycles. The van der Waals surface area contributed by atoms with Crippen LogP contribution < -0.4 is 0 Å². The van der Waals surface area contributed by atoms with Crippen LogP contribution in [0.3, 0.4) is 0 Å². The molecule has 4 heteroatoms. The van der Waals surface area contributed by atoms with E-state index in [0.29, 0.717) is 5.25 Å². The monoisotopic (exact) mass is 279 g/mol. The Labute approximate surface area is 121 Å². The molecule has 0 fully saturated rings. The van der Waals surface area contributed by atoms with Crippen molar-refractivity contribution in [2.45, 2.75) is 10.4 Å². The van der Waals surface area contributed by atoms with E-state index in [1.165, 1.54) is 22.3 Å². The summed E-state index contributed by atoms with van der Waals surface area (Å²) in [6, 6.07) is 17.2. The van der Waals surface area contributed by atoms with Crippen LogP contribution in [-0.2, 0) is 7.05 Å². The van der Waals surface area contributed by atoms with E-state index in [4.69, 9.17) is 0 Å². The van der Waals surface area contributed by atoms with Gasteiger partial charge < -0.3 is 4.57 Å². The molecule has 1 aliphatic rings. The van der Waals surface area contributed by atoms with Crippen molar-refractivity contribution in [1.29, 1.82) is 0 Å². The van der Waals surface area contributed by atoms with Crippen molar-refractivity contribution in [2.75, 3.05) is 0 Å². The lowest BCUT2D eigenvalue weighted by atomic mass is 10.1. The Morgan fingerprint density at radius 3 is 2.10 bits per heavy atom. The van der Waals surface area contributed by atoms with Gasteiger partial charge in [-0.25, -0.2) is 0 Å². The lowest BCUT2D eigenvalue weighted by Crippen LogP contribution is -1.95. The molecule has 0 spiro atoms. The van der Waals surface area contributed by atoms with Crippen LogP contribution in [0.1, 0.15) is 16.4 Å². The Balaban J connectivity index is 1.85. The van der Waals surface area contributed by atoms with Crippen molar-refractivity contribution in [2.24, 2.45) is 7.05 Å². The normalized spacial score (nSPS) is 13.2. The fraction of sp³-hybridized carbons (Fsp3) is 0.125. The van der Waals surface area contributed by atoms with E-state index in [2.05, 4.69) is 58.7 Å². The number of nitrogens with zero attached hydrogens (tertiary/aromatic N) is 3. The third kappa shape index (κ3) is 1.68. The molecule has 0 saturated heterocycles. The van der Waals surface area contributed by atoms with E-state index in [9.17, 15) is 0 Å². The fourth-order valence-electron chi connectivity index (χ4n) is 2.72. The van der Waals surface area contributed by atoms with Crippen molar-refractivity contribution < 1.29 is 0 Å². The molecular weight excluding hydrogens is 266 g/mol. The van der Waals surface area contributed by atoms with Crippen LogP contribution >= 0.6 is 11.8 Å². The fourth-order valence-corrected chi connectivity index (χ4v) is 3.90. The van der Waals surface area contributed by atoms with Gasteiger partial charge in [0.25, 0.3) is 0 Å². The van der Waals surface area contributed by atoms with E-state index < -0.39 is 0 Å². The molecule has 2 aromatic carbocycles. The quantitative estimate of drug-likeness (QED) is 0.717. The minimum Gasteiger partial charge on any atom is -0.312 e. The zero-order valence-electron chi connectivity index (χ0n) is 11.0. The third-order valence-electron chi connectivity index (χ3n) is 3.67. The minimum atomic E-state index is 0.297. The molecule has 0 N–H and O–H groups in total. The Morgan fingerprint density at radius 2 is 1.55 bits per heavy atom. The first-order valence-electron chi connectivity index (χ1n) is 6.53. The first-order valence-corrected chi connectivity index (χ1v) is 7.41. The van der Waals surface area contributed by atoms with Gasteiger partial charge in [0.05, 0.1) is 5.25 Å². The number of hydrogen-bond acceptors (Lipinski definition) is 3. The Hall–Kier alpha value is -2.07. The Morgan fingerprint density at radius 1 is 0.950 bits per heavy atom. The van der Waals surface area contributed by atoms with E-state index in [1.807, 2.05) is 11.6 Å². The van der Waals surface area contributed by atoms with Crippen molar-refractivity contribution in [3.8, 4) is 11.1 Å². The van der Waals surface area contributed by atoms with Crippen LogP contribution in [0.4, 0.5) is 0 Å². The van der Waals surface area contributed by atoms with Crippen molar-refractivity contribution >= 4 is 11.8 Å². The molecule has 4 rings (SSSR count). The van der Waals surface area contributed by atoms with Gasteiger partial charge in [0, 0.05) is 7.05 Å². The van der Waals surface area contributed by atoms with Gasteiger partial charge in [0.15, 0.2) is 5.16 Å². The SMILES string of the molecule is Cn1cnnc1SC1c2ccccc2-c2ccccc21. The number of thioether (sulfide) groups is 1. The number of aromatic nitrogens is 3. The summed E-state index contributed by atoms with van der Waals surface area (Å²) in [7, 11) is 1.98. The topological polar surface area (TPSA) is 30.7 Å². The van der Waals surface area contributed by atoms with Crippen LogP contribution in [0.5, 0.6) is 0 Å². The largest absolute Gasteiger partial charge is 0.312 e. The van der Waals surface area contributed by atoms with Gasteiger partial charge >= 0.3 is 0 Å². The summed E-state index contributed by atoms with van der Waals surface area (Å²) in [5.41, 5.74) is 5.40. The number of rotatable bonds is 2. The van der Waals surface area contributed by atoms with Crippen LogP contribution in [0.2, 0.25) is 0 Å². The standard InChI is InChI=1S/C16H13N3S/c1-19-10-17-18-16(19)20-15-13-8-4-2-6-11(13)12-7-3-5-9-14(12)15/h2-10,15H,1H3. The summed E-state index contributed by atoms with van der Waals surface area (Å²) in [5.74, 6) is 0. The maximum atomic E-state index is 4.20. The zero-order valence-corrected chi connectivity index (χ0v) is 11.8. The summed E-state index contributed by atoms with van der Waals surface area (Å²) >= 11 is 1.76. The van der Waals surface area contributed by atoms with Gasteiger partial charge in [-0.3, -0.25) is 0 Å². The average Bonchev–Trinajstić information content (AvgIpc) is 3.03. The predicted molar refractivity (Wildman–Crippen MR) is 80.6 cm³/mol. The third-order valence-corrected chi connectivity index (χ3v) is 4.99. The predicted octanol–water partition coefficient (Wildman–Crippen LogP) is 3.68. The number of hydrogen-bond donors (Lipinski definition) is 0. The Kier molecular flexibility index (Phi) is 2.63. The zero-order chi connectivity index (χ0) is 13.5. The maximum Gasteiger partial charge on any atom is 0.191 e. The molecule has 0 bridgehead atoms. The molecule has 98 valence electrons. The molecule has 1 aliphatic carbocycles. The van der Waals surface area contributed by atoms with Crippen LogP contribution in [0, 0.1) is 0 Å². The molecule has 0 saturated carbocycles. The van der Waals surface area contributed by atoms with Gasteiger partial charge in [0.2, 0.25) is 0 Å². The molecule has 0 unspecified atom stereocenters. The second-order valence-electron chi connectivity index (χ2n) is 4.90. The highest BCUT2D eigenvalue weighted by atomic mass is 32.2. The Bertz CT molecular complexity index is 733. The van der Waals surface area contributed by atoms with E-state index in [0.717, 1.165) is 5.16 Å². The lowest BCUT2D eigenvalue weighted by Gasteiger charge is -2.12. The first-order chi connectivity index (χ1) is 9.84. The highest BCUT2D eigenvalue weighted by Gasteiger charge is 2.29. The molecule has 0 amide bonds. The van der Waals surface area contributed by atoms with Gasteiger partial charge in [-0.15, -0.1) is 10.2 Å². The number of aryl methyl sites for hydroxylation is 1. The summed E-state index contributed by atoms with van der Waals surface area (Å²) < 4.78 is 1.97. The highest BCUT2D eigenvalue weighted by Crippen LogP contribution is 2.51. The van der Waals surface area contributed by atoms with Crippen molar-refractivity contribution in [3.63, 3.8) is 0 Å². The van der Waals surface area contributed by atoms with Gasteiger partial charge in [-0.2, -0.15) is 0 Å². The van der Waals surface area contributed by atoms with Gasteiger partial charge in [-0.05, 0) is 22.3 Å². The first kappa shape index (κ1) is 11.7. The van der Waals surface area contributed by atoms with Crippen LogP contribution in [0.15, 0.2) is 60.0 Å². The smallest absolute Gasteiger partial charge is 0.191 e. The summed E-state index contributed by atoms with van der Waals surface area (Å²) in [4.78, 5) is 0. The molecule has 3 aromatic rings.